The Kier molecular flexibility index (Phi) is 7.18. The van der Waals surface area contributed by atoms with Gasteiger partial charge in [-0.1, -0.05) is 0 Å². The fourth-order valence-corrected chi connectivity index (χ4v) is 6.38. The van der Waals surface area contributed by atoms with E-state index in [1.807, 2.05) is 24.4 Å². The summed E-state index contributed by atoms with van der Waals surface area (Å²) >= 11 is 0. The Labute approximate surface area is 250 Å². The number of carbonyl (C=O) groups is 1. The maximum absolute atomic E-state index is 12.9. The Morgan fingerprint density at radius 3 is 2.53 bits per heavy atom. The summed E-state index contributed by atoms with van der Waals surface area (Å²) in [5, 5.41) is 27.4. The van der Waals surface area contributed by atoms with Crippen LogP contribution in [0.3, 0.4) is 0 Å². The molecule has 0 aromatic carbocycles. The molecule has 222 valence electrons. The van der Waals surface area contributed by atoms with Gasteiger partial charge >= 0.3 is 0 Å². The van der Waals surface area contributed by atoms with Crippen molar-refractivity contribution >= 4 is 17.2 Å². The Morgan fingerprint density at radius 1 is 1.16 bits per heavy atom. The number of hydrogen-bond acceptors (Lipinski definition) is 9. The number of carbonyl (C=O) groups excluding carboxylic acids is 1. The zero-order valence-corrected chi connectivity index (χ0v) is 24.7. The normalized spacial score (nSPS) is 21.4. The number of methoxy groups -OCH3 is 1. The van der Waals surface area contributed by atoms with Crippen molar-refractivity contribution in [2.75, 3.05) is 31.7 Å². The smallest absolute Gasteiger partial charge is 0.253 e. The molecule has 11 nitrogen and oxygen atoms in total. The van der Waals surface area contributed by atoms with Crippen molar-refractivity contribution in [3.8, 4) is 28.8 Å². The molecule has 1 saturated carbocycles. The molecule has 1 aliphatic heterocycles. The third-order valence-corrected chi connectivity index (χ3v) is 8.31. The Balaban J connectivity index is 1.15. The molecule has 6 rings (SSSR count). The van der Waals surface area contributed by atoms with E-state index in [-0.39, 0.29) is 18.1 Å². The minimum Gasteiger partial charge on any atom is -0.489 e. The molecule has 4 aromatic rings. The van der Waals surface area contributed by atoms with E-state index in [1.54, 1.807) is 50.0 Å². The van der Waals surface area contributed by atoms with Crippen molar-refractivity contribution < 1.29 is 19.4 Å². The van der Waals surface area contributed by atoms with Gasteiger partial charge in [0.1, 0.15) is 24.2 Å². The fourth-order valence-electron chi connectivity index (χ4n) is 6.38. The zero-order valence-electron chi connectivity index (χ0n) is 24.7. The van der Waals surface area contributed by atoms with Crippen LogP contribution in [0.2, 0.25) is 0 Å². The predicted molar refractivity (Wildman–Crippen MR) is 160 cm³/mol. The van der Waals surface area contributed by atoms with Crippen LogP contribution in [0.5, 0.6) is 11.6 Å². The number of ether oxygens (including phenoxy) is 2. The van der Waals surface area contributed by atoms with Crippen LogP contribution < -0.4 is 19.7 Å². The highest BCUT2D eigenvalue weighted by Gasteiger charge is 2.47. The average molecular weight is 582 g/mol. The summed E-state index contributed by atoms with van der Waals surface area (Å²) in [6.07, 6.45) is 8.40. The van der Waals surface area contributed by atoms with Gasteiger partial charge in [-0.15, -0.1) is 0 Å². The molecule has 11 heteroatoms. The van der Waals surface area contributed by atoms with E-state index in [1.165, 1.54) is 6.20 Å². The van der Waals surface area contributed by atoms with Crippen molar-refractivity contribution in [1.82, 2.24) is 24.9 Å². The monoisotopic (exact) mass is 581 g/mol. The first kappa shape index (κ1) is 28.4. The van der Waals surface area contributed by atoms with E-state index in [0.717, 1.165) is 42.9 Å². The minimum absolute atomic E-state index is 0.111. The molecule has 2 N–H and O–H groups in total. The molecule has 3 atom stereocenters. The summed E-state index contributed by atoms with van der Waals surface area (Å²) in [6.45, 7) is 7.35. The first-order valence-corrected chi connectivity index (χ1v) is 14.3. The molecule has 2 aliphatic rings. The lowest BCUT2D eigenvalue weighted by atomic mass is 9.97. The van der Waals surface area contributed by atoms with Crippen LogP contribution in [-0.4, -0.2) is 68.5 Å². The number of nitriles is 1. The molecule has 43 heavy (non-hydrogen) atoms. The molecular weight excluding hydrogens is 546 g/mol. The summed E-state index contributed by atoms with van der Waals surface area (Å²) in [5.41, 5.74) is 2.00. The van der Waals surface area contributed by atoms with Gasteiger partial charge in [-0.25, -0.2) is 14.5 Å². The molecule has 2 fully saturated rings. The van der Waals surface area contributed by atoms with Crippen LogP contribution in [-0.2, 0) is 0 Å². The molecule has 5 heterocycles. The maximum atomic E-state index is 12.9. The topological polar surface area (TPSA) is 138 Å². The van der Waals surface area contributed by atoms with Crippen LogP contribution in [0.4, 0.5) is 5.82 Å². The van der Waals surface area contributed by atoms with E-state index >= 15 is 0 Å². The molecule has 0 spiro atoms. The predicted octanol–water partition coefficient (Wildman–Crippen LogP) is 3.86. The Bertz CT molecular complexity index is 1670. The van der Waals surface area contributed by atoms with Gasteiger partial charge in [0.05, 0.1) is 41.7 Å². The van der Waals surface area contributed by atoms with Gasteiger partial charge in [-0.05, 0) is 69.7 Å². The lowest BCUT2D eigenvalue weighted by Crippen LogP contribution is -2.45. The van der Waals surface area contributed by atoms with E-state index < -0.39 is 5.60 Å². The van der Waals surface area contributed by atoms with Crippen molar-refractivity contribution in [2.24, 2.45) is 11.8 Å². The van der Waals surface area contributed by atoms with Gasteiger partial charge in [0.25, 0.3) is 5.91 Å². The maximum Gasteiger partial charge on any atom is 0.253 e. The number of nitrogens with zero attached hydrogens (tertiary/aromatic N) is 6. The van der Waals surface area contributed by atoms with Gasteiger partial charge in [-0.2, -0.15) is 10.4 Å². The van der Waals surface area contributed by atoms with E-state index in [9.17, 15) is 15.2 Å². The molecular formula is C32H35N7O4. The summed E-state index contributed by atoms with van der Waals surface area (Å²) in [6, 6.07) is 11.5. The number of anilines is 1. The number of pyridine rings is 3. The second-order valence-corrected chi connectivity index (χ2v) is 12.5. The highest BCUT2D eigenvalue weighted by Crippen LogP contribution is 2.45. The standard InChI is InChI=1S/C32H35N7O4/c1-31(2,41)19-43-25-9-26(29-24(12-33)15-36-39(29)18-25)20-5-7-27(34-13-20)38-16-22-10-32(3,11-23(22)17-38)37-30(40)21-6-8-28(42-4)35-14-21/h5-9,13-15,18,22-23,41H,10-11,16-17,19H2,1-4H3,(H,37,40)/t22-,23+,32-. The van der Waals surface area contributed by atoms with Crippen molar-refractivity contribution in [1.29, 1.82) is 5.26 Å². The molecule has 1 aliphatic carbocycles. The quantitative estimate of drug-likeness (QED) is 0.318. The lowest BCUT2D eigenvalue weighted by molar-refractivity contribution is 0.0283. The van der Waals surface area contributed by atoms with Crippen molar-refractivity contribution in [3.05, 3.63) is 66.2 Å². The van der Waals surface area contributed by atoms with Crippen LogP contribution in [0.15, 0.2) is 55.1 Å². The summed E-state index contributed by atoms with van der Waals surface area (Å²) in [7, 11) is 1.55. The first-order valence-electron chi connectivity index (χ1n) is 14.3. The van der Waals surface area contributed by atoms with E-state index in [0.29, 0.717) is 40.1 Å². The first-order chi connectivity index (χ1) is 20.5. The second-order valence-electron chi connectivity index (χ2n) is 12.5. The largest absolute Gasteiger partial charge is 0.489 e. The highest BCUT2D eigenvalue weighted by molar-refractivity contribution is 5.94. The van der Waals surface area contributed by atoms with Crippen LogP contribution in [0.25, 0.3) is 16.6 Å². The molecule has 1 saturated heterocycles. The average Bonchev–Trinajstić information content (AvgIpc) is 3.66. The lowest BCUT2D eigenvalue weighted by Gasteiger charge is -2.29. The highest BCUT2D eigenvalue weighted by atomic mass is 16.5. The van der Waals surface area contributed by atoms with Gasteiger partial charge in [-0.3, -0.25) is 4.79 Å². The molecule has 0 unspecified atom stereocenters. The fraction of sp³-hybridized carbons (Fsp3) is 0.406. The SMILES string of the molecule is COc1ccc(C(=O)N[C@@]2(C)C[C@H]3CN(c4ccc(-c5cc(OCC(C)(C)O)cn6ncc(C#N)c56)cn4)C[C@H]3C2)cn1. The second kappa shape index (κ2) is 10.9. The molecule has 4 aromatic heterocycles. The molecule has 1 amide bonds. The van der Waals surface area contributed by atoms with Gasteiger partial charge < -0.3 is 24.8 Å². The van der Waals surface area contributed by atoms with Gasteiger partial charge in [0.15, 0.2) is 0 Å². The van der Waals surface area contributed by atoms with Crippen LogP contribution in [0, 0.1) is 23.2 Å². The summed E-state index contributed by atoms with van der Waals surface area (Å²) < 4.78 is 12.6. The van der Waals surface area contributed by atoms with Crippen molar-refractivity contribution in [2.45, 2.75) is 44.8 Å². The number of amides is 1. The number of aliphatic hydroxyl groups is 1. The van der Waals surface area contributed by atoms with Crippen LogP contribution >= 0.6 is 0 Å². The minimum atomic E-state index is -0.995. The third kappa shape index (κ3) is 5.83. The molecule has 0 radical (unpaired) electrons. The zero-order chi connectivity index (χ0) is 30.4. The Hall–Kier alpha value is -4.69. The van der Waals surface area contributed by atoms with Crippen LogP contribution in [0.1, 0.15) is 49.5 Å². The third-order valence-electron chi connectivity index (χ3n) is 8.31. The van der Waals surface area contributed by atoms with E-state index in [2.05, 4.69) is 33.3 Å². The summed E-state index contributed by atoms with van der Waals surface area (Å²) in [5.74, 6) is 2.70. The van der Waals surface area contributed by atoms with Gasteiger partial charge in [0.2, 0.25) is 5.88 Å². The van der Waals surface area contributed by atoms with Crippen molar-refractivity contribution in [3.63, 3.8) is 0 Å². The number of nitrogens with one attached hydrogen (secondary N) is 1. The number of hydrogen-bond donors (Lipinski definition) is 2. The van der Waals surface area contributed by atoms with Gasteiger partial charge in [0, 0.05) is 48.2 Å². The Morgan fingerprint density at radius 2 is 1.93 bits per heavy atom. The molecule has 0 bridgehead atoms. The van der Waals surface area contributed by atoms with E-state index in [4.69, 9.17) is 14.5 Å². The number of aromatic nitrogens is 4. The number of fused-ring (bicyclic) bond motifs is 2. The summed E-state index contributed by atoms with van der Waals surface area (Å²) in [4.78, 5) is 24.2. The number of rotatable bonds is 8.